The molecule has 1 unspecified atom stereocenters. The van der Waals surface area contributed by atoms with Crippen LogP contribution in [-0.2, 0) is 16.6 Å². The second-order valence-corrected chi connectivity index (χ2v) is 7.24. The number of methoxy groups -OCH3 is 1. The minimum absolute atomic E-state index is 0.00613. The molecule has 0 radical (unpaired) electrons. The van der Waals surface area contributed by atoms with Gasteiger partial charge in [0.05, 0.1) is 24.3 Å². The maximum atomic E-state index is 14.9. The molecule has 3 rings (SSSR count). The van der Waals surface area contributed by atoms with Gasteiger partial charge in [-0.2, -0.15) is 4.80 Å². The lowest BCUT2D eigenvalue weighted by molar-refractivity contribution is -0.125. The number of amides is 3. The number of carbonyl (C=O) groups is 2. The number of hydrazine groups is 1. The summed E-state index contributed by atoms with van der Waals surface area (Å²) in [5.74, 6) is -2.05. The first kappa shape index (κ1) is 23.9. The number of carbonyl (C=O) groups excluding carboxylic acids is 2. The Hall–Kier alpha value is -3.71. The van der Waals surface area contributed by atoms with Crippen LogP contribution in [-0.4, -0.2) is 50.8 Å². The summed E-state index contributed by atoms with van der Waals surface area (Å²) in [6.45, 7) is 1.25. The van der Waals surface area contributed by atoms with Gasteiger partial charge in [-0.3, -0.25) is 15.2 Å². The maximum absolute atomic E-state index is 14.9. The average Bonchev–Trinajstić information content (AvgIpc) is 3.17. The lowest BCUT2D eigenvalue weighted by atomic mass is 9.99. The van der Waals surface area contributed by atoms with Gasteiger partial charge in [0.15, 0.2) is 0 Å². The van der Waals surface area contributed by atoms with Crippen LogP contribution in [0.25, 0.3) is 22.5 Å². The van der Waals surface area contributed by atoms with Gasteiger partial charge >= 0.3 is 6.03 Å². The Bertz CT molecular complexity index is 1190. The molecular weight excluding hydrogens is 462 g/mol. The van der Waals surface area contributed by atoms with Crippen molar-refractivity contribution in [3.8, 4) is 22.5 Å². The highest BCUT2D eigenvalue weighted by molar-refractivity contribution is 6.31. The molecule has 174 valence electrons. The molecule has 14 heteroatoms. The number of nitrogens with zero attached hydrogens (tertiary/aromatic N) is 5. The van der Waals surface area contributed by atoms with Crippen LogP contribution >= 0.6 is 11.6 Å². The van der Waals surface area contributed by atoms with Crippen LogP contribution < -0.4 is 16.2 Å². The number of urea groups is 1. The number of ether oxygens (including phenoxy) is 1. The van der Waals surface area contributed by atoms with E-state index in [1.165, 1.54) is 33.3 Å². The zero-order chi connectivity index (χ0) is 24.1. The van der Waals surface area contributed by atoms with E-state index < -0.39 is 29.6 Å². The molecule has 0 bridgehead atoms. The number of hydrogen-bond acceptors (Lipinski definition) is 7. The minimum atomic E-state index is -0.865. The molecule has 0 spiro atoms. The SMILES string of the molecule is COCC(=O)NNC(=O)NC(C)c1ncc(-c2cc(Cl)cc(F)c2-c2nnn(C)n2)cc1F. The van der Waals surface area contributed by atoms with Crippen LogP contribution in [0.5, 0.6) is 0 Å². The van der Waals surface area contributed by atoms with Gasteiger partial charge < -0.3 is 10.1 Å². The summed E-state index contributed by atoms with van der Waals surface area (Å²) < 4.78 is 34.2. The molecule has 3 N–H and O–H groups in total. The molecule has 0 fully saturated rings. The fourth-order valence-corrected chi connectivity index (χ4v) is 3.13. The number of halogens is 3. The number of pyridine rings is 1. The van der Waals surface area contributed by atoms with Crippen molar-refractivity contribution in [3.05, 3.63) is 46.7 Å². The Balaban J connectivity index is 1.84. The number of aromatic nitrogens is 5. The molecule has 2 heterocycles. The van der Waals surface area contributed by atoms with E-state index in [1.54, 1.807) is 0 Å². The number of rotatable bonds is 6. The van der Waals surface area contributed by atoms with E-state index in [2.05, 4.69) is 41.3 Å². The number of aryl methyl sites for hydroxylation is 1. The van der Waals surface area contributed by atoms with Gasteiger partial charge in [0.2, 0.25) is 5.82 Å². The summed E-state index contributed by atoms with van der Waals surface area (Å²) in [6, 6.07) is 2.00. The Kier molecular flexibility index (Phi) is 7.45. The predicted molar refractivity (Wildman–Crippen MR) is 112 cm³/mol. The van der Waals surface area contributed by atoms with Gasteiger partial charge in [-0.15, -0.1) is 10.2 Å². The summed E-state index contributed by atoms with van der Waals surface area (Å²) >= 11 is 6.01. The van der Waals surface area contributed by atoms with Crippen LogP contribution in [0.4, 0.5) is 13.6 Å². The van der Waals surface area contributed by atoms with Gasteiger partial charge in [0.1, 0.15) is 18.2 Å². The molecular formula is C19H19ClF2N8O3. The molecule has 0 saturated carbocycles. The predicted octanol–water partition coefficient (Wildman–Crippen LogP) is 1.91. The molecule has 0 aliphatic rings. The van der Waals surface area contributed by atoms with Crippen LogP contribution in [0.15, 0.2) is 24.4 Å². The molecule has 11 nitrogen and oxygen atoms in total. The highest BCUT2D eigenvalue weighted by Gasteiger charge is 2.21. The second-order valence-electron chi connectivity index (χ2n) is 6.81. The van der Waals surface area contributed by atoms with Crippen molar-refractivity contribution >= 4 is 23.5 Å². The molecule has 33 heavy (non-hydrogen) atoms. The van der Waals surface area contributed by atoms with E-state index in [-0.39, 0.29) is 39.8 Å². The van der Waals surface area contributed by atoms with E-state index in [0.29, 0.717) is 0 Å². The summed E-state index contributed by atoms with van der Waals surface area (Å²) in [6.07, 6.45) is 1.31. The van der Waals surface area contributed by atoms with Crippen molar-refractivity contribution in [2.75, 3.05) is 13.7 Å². The van der Waals surface area contributed by atoms with Crippen LogP contribution in [0.1, 0.15) is 18.7 Å². The fourth-order valence-electron chi connectivity index (χ4n) is 2.92. The summed E-state index contributed by atoms with van der Waals surface area (Å²) in [4.78, 5) is 28.5. The lowest BCUT2D eigenvalue weighted by Crippen LogP contribution is -2.48. The van der Waals surface area contributed by atoms with Gasteiger partial charge in [0.25, 0.3) is 5.91 Å². The molecule has 0 aliphatic heterocycles. The third-order valence-electron chi connectivity index (χ3n) is 4.32. The summed E-state index contributed by atoms with van der Waals surface area (Å²) in [5.41, 5.74) is 4.54. The largest absolute Gasteiger partial charge is 0.375 e. The molecule has 2 aromatic heterocycles. The normalized spacial score (nSPS) is 11.7. The van der Waals surface area contributed by atoms with Crippen molar-refractivity contribution < 1.29 is 23.1 Å². The Labute approximate surface area is 191 Å². The Morgan fingerprint density at radius 2 is 1.97 bits per heavy atom. The summed E-state index contributed by atoms with van der Waals surface area (Å²) in [5, 5.41) is 14.0. The molecule has 3 amide bonds. The van der Waals surface area contributed by atoms with E-state index in [1.807, 2.05) is 0 Å². The highest BCUT2D eigenvalue weighted by Crippen LogP contribution is 2.35. The molecule has 1 atom stereocenters. The van der Waals surface area contributed by atoms with Gasteiger partial charge in [-0.25, -0.2) is 19.0 Å². The number of nitrogens with one attached hydrogen (secondary N) is 3. The van der Waals surface area contributed by atoms with Crippen LogP contribution in [0, 0.1) is 11.6 Å². The first-order valence-corrected chi connectivity index (χ1v) is 9.81. The summed E-state index contributed by atoms with van der Waals surface area (Å²) in [7, 11) is 2.85. The monoisotopic (exact) mass is 480 g/mol. The van der Waals surface area contributed by atoms with Gasteiger partial charge in [0, 0.05) is 23.9 Å². The zero-order valence-electron chi connectivity index (χ0n) is 17.7. The van der Waals surface area contributed by atoms with E-state index in [0.717, 1.165) is 16.9 Å². The van der Waals surface area contributed by atoms with Crippen molar-refractivity contribution in [2.45, 2.75) is 13.0 Å². The molecule has 3 aromatic rings. The standard InChI is InChI=1S/C19H19ClF2N8O3/c1-9(24-19(32)27-25-15(31)8-33-3)17-14(22)4-10(7-23-17)12-5-11(20)6-13(21)16(12)18-26-29-30(2)28-18/h4-7,9H,8H2,1-3H3,(H,25,31)(H2,24,27,32). The van der Waals surface area contributed by atoms with Crippen molar-refractivity contribution in [1.29, 1.82) is 0 Å². The van der Waals surface area contributed by atoms with Gasteiger partial charge in [-0.05, 0) is 35.9 Å². The van der Waals surface area contributed by atoms with Crippen molar-refractivity contribution in [3.63, 3.8) is 0 Å². The van der Waals surface area contributed by atoms with Crippen LogP contribution in [0.2, 0.25) is 5.02 Å². The molecule has 0 aliphatic carbocycles. The van der Waals surface area contributed by atoms with Gasteiger partial charge in [-0.1, -0.05) is 11.6 Å². The highest BCUT2D eigenvalue weighted by atomic mass is 35.5. The third-order valence-corrected chi connectivity index (χ3v) is 4.53. The Morgan fingerprint density at radius 1 is 1.21 bits per heavy atom. The lowest BCUT2D eigenvalue weighted by Gasteiger charge is -2.16. The maximum Gasteiger partial charge on any atom is 0.334 e. The topological polar surface area (TPSA) is 136 Å². The average molecular weight is 481 g/mol. The first-order chi connectivity index (χ1) is 15.7. The Morgan fingerprint density at radius 3 is 2.61 bits per heavy atom. The molecule has 1 aromatic carbocycles. The number of tetrazole rings is 1. The fraction of sp³-hybridized carbons (Fsp3) is 0.263. The minimum Gasteiger partial charge on any atom is -0.375 e. The smallest absolute Gasteiger partial charge is 0.334 e. The van der Waals surface area contributed by atoms with E-state index >= 15 is 0 Å². The number of hydrogen-bond donors (Lipinski definition) is 3. The first-order valence-electron chi connectivity index (χ1n) is 9.43. The second kappa shape index (κ2) is 10.3. The quantitative estimate of drug-likeness (QED) is 0.458. The molecule has 0 saturated heterocycles. The number of benzene rings is 1. The van der Waals surface area contributed by atoms with E-state index in [4.69, 9.17) is 11.6 Å². The van der Waals surface area contributed by atoms with E-state index in [9.17, 15) is 18.4 Å². The van der Waals surface area contributed by atoms with Crippen molar-refractivity contribution in [1.82, 2.24) is 41.4 Å². The van der Waals surface area contributed by atoms with Crippen LogP contribution in [0.3, 0.4) is 0 Å². The van der Waals surface area contributed by atoms with Crippen molar-refractivity contribution in [2.24, 2.45) is 7.05 Å². The zero-order valence-corrected chi connectivity index (χ0v) is 18.4. The third kappa shape index (κ3) is 5.75.